The van der Waals surface area contributed by atoms with Gasteiger partial charge in [-0.25, -0.2) is 0 Å². The minimum Gasteiger partial charge on any atom is -0.386 e. The molecular formula is C3H10Cl2N2. The highest BCUT2D eigenvalue weighted by molar-refractivity contribution is 5.85. The maximum atomic E-state index is 4.93. The van der Waals surface area contributed by atoms with E-state index in [1.54, 1.807) is 13.0 Å². The molecule has 0 heterocycles. The van der Waals surface area contributed by atoms with Crippen LogP contribution < -0.4 is 11.5 Å². The predicted octanol–water partition coefficient (Wildman–Crippen LogP) is 0.609. The maximum Gasteiger partial charge on any atom is 0.0889 e. The summed E-state index contributed by atoms with van der Waals surface area (Å²) in [5.74, 6) is 0.380. The second-order valence-electron chi connectivity index (χ2n) is 0.789. The third kappa shape index (κ3) is 24.7. The van der Waals surface area contributed by atoms with E-state index in [4.69, 9.17) is 11.5 Å². The van der Waals surface area contributed by atoms with E-state index >= 15 is 0 Å². The fourth-order valence-electron chi connectivity index (χ4n) is 0. The van der Waals surface area contributed by atoms with Crippen molar-refractivity contribution in [3.8, 4) is 0 Å². The number of nitrogens with two attached hydrogens (primary N) is 2. The Morgan fingerprint density at radius 2 is 1.43 bits per heavy atom. The zero-order valence-corrected chi connectivity index (χ0v) is 5.68. The minimum atomic E-state index is 0. The Bertz CT molecular complexity index is 48.9. The molecule has 0 bridgehead atoms. The van der Waals surface area contributed by atoms with Crippen molar-refractivity contribution in [2.75, 3.05) is 0 Å². The summed E-state index contributed by atoms with van der Waals surface area (Å²) in [5.41, 5.74) is 9.86. The van der Waals surface area contributed by atoms with Crippen LogP contribution in [0.2, 0.25) is 0 Å². The molecule has 0 saturated heterocycles. The Morgan fingerprint density at radius 3 is 1.43 bits per heavy atom. The molecule has 0 radical (unpaired) electrons. The van der Waals surface area contributed by atoms with Crippen molar-refractivity contribution < 1.29 is 0 Å². The van der Waals surface area contributed by atoms with E-state index in [1.165, 1.54) is 0 Å². The van der Waals surface area contributed by atoms with Gasteiger partial charge in [0.15, 0.2) is 0 Å². The van der Waals surface area contributed by atoms with Crippen LogP contribution in [0.5, 0.6) is 0 Å². The maximum absolute atomic E-state index is 4.93. The molecule has 0 amide bonds. The molecular weight excluding hydrogens is 135 g/mol. The lowest BCUT2D eigenvalue weighted by molar-refractivity contribution is 1.23. The Balaban J connectivity index is -0.0000000800. The largest absolute Gasteiger partial charge is 0.386 e. The summed E-state index contributed by atoms with van der Waals surface area (Å²) >= 11 is 0. The van der Waals surface area contributed by atoms with Gasteiger partial charge < -0.3 is 11.5 Å². The zero-order chi connectivity index (χ0) is 4.28. The second kappa shape index (κ2) is 9.33. The van der Waals surface area contributed by atoms with Crippen LogP contribution in [0.25, 0.3) is 0 Å². The van der Waals surface area contributed by atoms with Gasteiger partial charge in [-0.2, -0.15) is 0 Å². The van der Waals surface area contributed by atoms with Crippen LogP contribution >= 0.6 is 24.8 Å². The highest BCUT2D eigenvalue weighted by Gasteiger charge is 1.59. The van der Waals surface area contributed by atoms with Gasteiger partial charge in [0.2, 0.25) is 0 Å². The first kappa shape index (κ1) is 15.8. The van der Waals surface area contributed by atoms with Gasteiger partial charge in [0, 0.05) is 0 Å². The SMILES string of the molecule is CC=C(N)N.Cl.Cl. The van der Waals surface area contributed by atoms with E-state index in [9.17, 15) is 0 Å². The molecule has 0 atom stereocenters. The average Bonchev–Trinajstić information content (AvgIpc) is 1.38. The smallest absolute Gasteiger partial charge is 0.0889 e. The van der Waals surface area contributed by atoms with Gasteiger partial charge in [0.1, 0.15) is 0 Å². The molecule has 0 aliphatic heterocycles. The summed E-state index contributed by atoms with van der Waals surface area (Å²) in [6.45, 7) is 1.79. The highest BCUT2D eigenvalue weighted by Crippen LogP contribution is 1.59. The number of allylic oxidation sites excluding steroid dienone is 1. The molecule has 0 saturated carbocycles. The Morgan fingerprint density at radius 1 is 1.29 bits per heavy atom. The Hall–Kier alpha value is -0.0800. The summed E-state index contributed by atoms with van der Waals surface area (Å²) in [7, 11) is 0. The van der Waals surface area contributed by atoms with Crippen molar-refractivity contribution in [2.45, 2.75) is 6.92 Å². The molecule has 0 spiro atoms. The van der Waals surface area contributed by atoms with Gasteiger partial charge >= 0.3 is 0 Å². The van der Waals surface area contributed by atoms with E-state index in [0.29, 0.717) is 5.82 Å². The first-order valence-corrected chi connectivity index (χ1v) is 1.44. The highest BCUT2D eigenvalue weighted by atomic mass is 35.5. The summed E-state index contributed by atoms with van der Waals surface area (Å²) in [6.07, 6.45) is 1.64. The van der Waals surface area contributed by atoms with Crippen molar-refractivity contribution in [3.63, 3.8) is 0 Å². The third-order valence-corrected chi connectivity index (χ3v) is 0.333. The second-order valence-corrected chi connectivity index (χ2v) is 0.789. The van der Waals surface area contributed by atoms with E-state index in [1.807, 2.05) is 0 Å². The first-order valence-electron chi connectivity index (χ1n) is 1.44. The molecule has 0 rings (SSSR count). The number of hydrogen-bond donors (Lipinski definition) is 2. The summed E-state index contributed by atoms with van der Waals surface area (Å²) < 4.78 is 0. The lowest BCUT2D eigenvalue weighted by atomic mass is 10.6. The molecule has 0 aliphatic rings. The Labute approximate surface area is 55.8 Å². The average molecular weight is 145 g/mol. The van der Waals surface area contributed by atoms with Crippen molar-refractivity contribution in [1.29, 1.82) is 0 Å². The fraction of sp³-hybridized carbons (Fsp3) is 0.333. The van der Waals surface area contributed by atoms with Crippen LogP contribution in [0.4, 0.5) is 0 Å². The summed E-state index contributed by atoms with van der Waals surface area (Å²) in [5, 5.41) is 0. The van der Waals surface area contributed by atoms with Crippen molar-refractivity contribution in [3.05, 3.63) is 11.9 Å². The summed E-state index contributed by atoms with van der Waals surface area (Å²) in [6, 6.07) is 0. The number of halogens is 2. The van der Waals surface area contributed by atoms with Gasteiger partial charge in [-0.15, -0.1) is 24.8 Å². The molecule has 46 valence electrons. The van der Waals surface area contributed by atoms with Crippen LogP contribution in [-0.2, 0) is 0 Å². The zero-order valence-electron chi connectivity index (χ0n) is 4.05. The lowest BCUT2D eigenvalue weighted by Gasteiger charge is -1.78. The molecule has 0 aromatic carbocycles. The van der Waals surface area contributed by atoms with E-state index < -0.39 is 0 Å². The standard InChI is InChI=1S/C3H8N2.2ClH/c1-2-3(4)5;;/h2H,4-5H2,1H3;2*1H. The van der Waals surface area contributed by atoms with Crippen molar-refractivity contribution >= 4 is 24.8 Å². The first-order chi connectivity index (χ1) is 2.27. The molecule has 2 nitrogen and oxygen atoms in total. The van der Waals surface area contributed by atoms with Crippen LogP contribution in [-0.4, -0.2) is 0 Å². The normalized spacial score (nSPS) is 4.71. The van der Waals surface area contributed by atoms with Crippen LogP contribution in [0.1, 0.15) is 6.92 Å². The van der Waals surface area contributed by atoms with E-state index in [0.717, 1.165) is 0 Å². The number of rotatable bonds is 0. The lowest BCUT2D eigenvalue weighted by Crippen LogP contribution is -2.06. The Kier molecular flexibility index (Phi) is 21.0. The van der Waals surface area contributed by atoms with Gasteiger partial charge in [0.25, 0.3) is 0 Å². The third-order valence-electron chi connectivity index (χ3n) is 0.333. The minimum absolute atomic E-state index is 0. The van der Waals surface area contributed by atoms with Crippen molar-refractivity contribution in [1.82, 2.24) is 0 Å². The molecule has 0 unspecified atom stereocenters. The van der Waals surface area contributed by atoms with E-state index in [-0.39, 0.29) is 24.8 Å². The molecule has 4 heteroatoms. The van der Waals surface area contributed by atoms with Crippen LogP contribution in [0, 0.1) is 0 Å². The molecule has 0 aromatic rings. The van der Waals surface area contributed by atoms with Crippen molar-refractivity contribution in [2.24, 2.45) is 11.5 Å². The monoisotopic (exact) mass is 144 g/mol. The van der Waals surface area contributed by atoms with Crippen LogP contribution in [0.15, 0.2) is 11.9 Å². The molecule has 0 aliphatic carbocycles. The van der Waals surface area contributed by atoms with Gasteiger partial charge in [-0.1, -0.05) is 0 Å². The fourth-order valence-corrected chi connectivity index (χ4v) is 0. The van der Waals surface area contributed by atoms with Crippen LogP contribution in [0.3, 0.4) is 0 Å². The number of hydrogen-bond acceptors (Lipinski definition) is 2. The molecule has 4 N–H and O–H groups in total. The topological polar surface area (TPSA) is 52.0 Å². The van der Waals surface area contributed by atoms with Gasteiger partial charge in [-0.05, 0) is 13.0 Å². The van der Waals surface area contributed by atoms with Gasteiger partial charge in [0.05, 0.1) is 5.82 Å². The van der Waals surface area contributed by atoms with Gasteiger partial charge in [-0.3, -0.25) is 0 Å². The molecule has 0 fully saturated rings. The molecule has 7 heavy (non-hydrogen) atoms. The predicted molar refractivity (Wildman–Crippen MR) is 36.6 cm³/mol. The summed E-state index contributed by atoms with van der Waals surface area (Å²) in [4.78, 5) is 0. The van der Waals surface area contributed by atoms with E-state index in [2.05, 4.69) is 0 Å². The quantitative estimate of drug-likeness (QED) is 0.524. The molecule has 0 aromatic heterocycles.